The predicted molar refractivity (Wildman–Crippen MR) is 118 cm³/mol. The van der Waals surface area contributed by atoms with Crippen LogP contribution in [-0.4, -0.2) is 47.4 Å². The number of hydrogen-bond acceptors (Lipinski definition) is 7. The molecule has 0 aliphatic carbocycles. The third kappa shape index (κ3) is 3.02. The molecule has 1 unspecified atom stereocenters. The minimum Gasteiger partial charge on any atom is -0.480 e. The monoisotopic (exact) mass is 427 g/mol. The van der Waals surface area contributed by atoms with Crippen LogP contribution in [-0.2, 0) is 12.1 Å². The van der Waals surface area contributed by atoms with Crippen LogP contribution in [0.1, 0.15) is 23.7 Å². The van der Waals surface area contributed by atoms with Crippen LogP contribution in [0.3, 0.4) is 0 Å². The van der Waals surface area contributed by atoms with Crippen molar-refractivity contribution in [2.24, 2.45) is 0 Å². The molecule has 1 atom stereocenters. The molecule has 32 heavy (non-hydrogen) atoms. The normalized spacial score (nSPS) is 13.2. The molecule has 160 valence electrons. The van der Waals surface area contributed by atoms with Crippen molar-refractivity contribution >= 4 is 11.0 Å². The Labute approximate surface area is 183 Å². The molecule has 0 radical (unpaired) electrons. The van der Waals surface area contributed by atoms with Gasteiger partial charge in [0.15, 0.2) is 11.4 Å². The van der Waals surface area contributed by atoms with Crippen molar-refractivity contribution in [2.45, 2.75) is 19.1 Å². The lowest BCUT2D eigenvalue weighted by atomic mass is 9.84. The summed E-state index contributed by atoms with van der Waals surface area (Å²) in [5, 5.41) is 26.3. The van der Waals surface area contributed by atoms with E-state index in [-0.39, 0.29) is 0 Å². The van der Waals surface area contributed by atoms with Gasteiger partial charge in [0.1, 0.15) is 0 Å². The highest BCUT2D eigenvalue weighted by molar-refractivity contribution is 5.84. The number of rotatable bonds is 6. The van der Waals surface area contributed by atoms with E-state index in [1.165, 1.54) is 0 Å². The molecule has 9 nitrogen and oxygen atoms in total. The summed E-state index contributed by atoms with van der Waals surface area (Å²) in [5.74, 6) is 0.840. The number of nitrogens with one attached hydrogen (secondary N) is 1. The third-order valence-electron chi connectivity index (χ3n) is 5.60. The average molecular weight is 427 g/mol. The first-order valence-corrected chi connectivity index (χ1v) is 10.2. The van der Waals surface area contributed by atoms with Crippen LogP contribution < -0.4 is 4.74 Å². The number of benzene rings is 1. The number of H-pyrrole nitrogens is 1. The topological polar surface area (TPSA) is 115 Å². The van der Waals surface area contributed by atoms with Gasteiger partial charge in [0, 0.05) is 24.5 Å². The van der Waals surface area contributed by atoms with E-state index < -0.39 is 5.60 Å². The van der Waals surface area contributed by atoms with Gasteiger partial charge in [0.2, 0.25) is 5.88 Å². The van der Waals surface area contributed by atoms with Gasteiger partial charge in [-0.05, 0) is 41.1 Å². The number of nitrogens with zero attached hydrogens (tertiary/aromatic N) is 6. The highest BCUT2D eigenvalue weighted by Gasteiger charge is 2.38. The van der Waals surface area contributed by atoms with E-state index in [0.717, 1.165) is 11.1 Å². The van der Waals surface area contributed by atoms with E-state index >= 15 is 0 Å². The third-order valence-corrected chi connectivity index (χ3v) is 5.60. The Kier molecular flexibility index (Phi) is 4.87. The lowest BCUT2D eigenvalue weighted by molar-refractivity contribution is 0.116. The predicted octanol–water partition coefficient (Wildman–Crippen LogP) is 2.92. The number of pyridine rings is 2. The van der Waals surface area contributed by atoms with Gasteiger partial charge in [-0.3, -0.25) is 4.98 Å². The highest BCUT2D eigenvalue weighted by atomic mass is 16.5. The molecule has 0 saturated carbocycles. The summed E-state index contributed by atoms with van der Waals surface area (Å²) in [4.78, 5) is 8.95. The van der Waals surface area contributed by atoms with E-state index in [0.29, 0.717) is 40.6 Å². The molecule has 9 heteroatoms. The van der Waals surface area contributed by atoms with E-state index in [9.17, 15) is 5.11 Å². The van der Waals surface area contributed by atoms with E-state index in [4.69, 9.17) is 9.72 Å². The average Bonchev–Trinajstić information content (AvgIpc) is 3.51. The number of tetrazole rings is 1. The number of hydrogen-bond donors (Lipinski definition) is 2. The Morgan fingerprint density at radius 3 is 2.56 bits per heavy atom. The number of aromatic nitrogens is 7. The summed E-state index contributed by atoms with van der Waals surface area (Å²) in [6.45, 7) is 2.63. The van der Waals surface area contributed by atoms with Crippen molar-refractivity contribution in [3.8, 4) is 17.3 Å². The second-order valence-electron chi connectivity index (χ2n) is 7.29. The van der Waals surface area contributed by atoms with Gasteiger partial charge in [0.25, 0.3) is 0 Å². The minimum absolute atomic E-state index is 0.389. The highest BCUT2D eigenvalue weighted by Crippen LogP contribution is 2.40. The molecular weight excluding hydrogens is 406 g/mol. The van der Waals surface area contributed by atoms with Crippen LogP contribution in [0.5, 0.6) is 5.88 Å². The summed E-state index contributed by atoms with van der Waals surface area (Å²) in [6, 6.07) is 17.1. The second-order valence-corrected chi connectivity index (χ2v) is 7.29. The van der Waals surface area contributed by atoms with Crippen molar-refractivity contribution in [1.82, 2.24) is 35.2 Å². The lowest BCUT2D eigenvalue weighted by Crippen LogP contribution is -2.31. The molecular formula is C23H21N7O2. The van der Waals surface area contributed by atoms with Gasteiger partial charge in [-0.2, -0.15) is 0 Å². The first-order chi connectivity index (χ1) is 15.7. The van der Waals surface area contributed by atoms with Gasteiger partial charge in [0.05, 0.1) is 29.4 Å². The molecule has 0 spiro atoms. The summed E-state index contributed by atoms with van der Waals surface area (Å²) in [5.41, 5.74) is 2.78. The Morgan fingerprint density at radius 1 is 1.09 bits per heavy atom. The second kappa shape index (κ2) is 7.86. The SMILES string of the molecule is CCn1c(C(O)(c2ccccc2)c2cccnc2)cc2nc(OC)c(-c3nnn[nH]3)cc21. The van der Waals surface area contributed by atoms with Gasteiger partial charge in [-0.15, -0.1) is 5.10 Å². The molecule has 0 saturated heterocycles. The van der Waals surface area contributed by atoms with Crippen LogP contribution in [0.25, 0.3) is 22.4 Å². The summed E-state index contributed by atoms with van der Waals surface area (Å²) in [6.07, 6.45) is 3.37. The molecule has 2 N–H and O–H groups in total. The maximum atomic E-state index is 12.3. The Bertz CT molecular complexity index is 1310. The molecule has 4 aromatic heterocycles. The molecule has 1 aromatic carbocycles. The van der Waals surface area contributed by atoms with Gasteiger partial charge >= 0.3 is 0 Å². The zero-order valence-corrected chi connectivity index (χ0v) is 17.6. The standard InChI is InChI=1S/C23H21N7O2/c1-3-30-19-12-17(21-26-28-29-27-21)22(32-2)25-18(19)13-20(30)23(31,15-8-5-4-6-9-15)16-10-7-11-24-14-16/h4-14,31H,3H2,1-2H3,(H,26,27,28,29). The molecule has 0 fully saturated rings. The molecule has 0 aliphatic rings. The Hall–Kier alpha value is -4.11. The van der Waals surface area contributed by atoms with Crippen molar-refractivity contribution < 1.29 is 9.84 Å². The molecule has 5 rings (SSSR count). The summed E-state index contributed by atoms with van der Waals surface area (Å²) >= 11 is 0. The molecule has 4 heterocycles. The Balaban J connectivity index is 1.82. The molecule has 0 bridgehead atoms. The minimum atomic E-state index is -1.44. The maximum Gasteiger partial charge on any atom is 0.225 e. The number of methoxy groups -OCH3 is 1. The fourth-order valence-corrected chi connectivity index (χ4v) is 4.12. The number of aryl methyl sites for hydroxylation is 1. The Morgan fingerprint density at radius 2 is 1.91 bits per heavy atom. The quantitative estimate of drug-likeness (QED) is 0.428. The van der Waals surface area contributed by atoms with Gasteiger partial charge in [-0.1, -0.05) is 36.4 Å². The molecule has 0 amide bonds. The van der Waals surface area contributed by atoms with Crippen LogP contribution in [0.2, 0.25) is 0 Å². The van der Waals surface area contributed by atoms with E-state index in [1.807, 2.05) is 66.1 Å². The summed E-state index contributed by atoms with van der Waals surface area (Å²) in [7, 11) is 1.55. The maximum absolute atomic E-state index is 12.3. The van der Waals surface area contributed by atoms with Crippen molar-refractivity contribution in [3.05, 3.63) is 83.8 Å². The van der Waals surface area contributed by atoms with Crippen LogP contribution >= 0.6 is 0 Å². The largest absolute Gasteiger partial charge is 0.480 e. The number of fused-ring (bicyclic) bond motifs is 1. The van der Waals surface area contributed by atoms with Crippen LogP contribution in [0.15, 0.2) is 67.0 Å². The first-order valence-electron chi connectivity index (χ1n) is 10.2. The smallest absolute Gasteiger partial charge is 0.225 e. The number of aliphatic hydroxyl groups is 1. The van der Waals surface area contributed by atoms with Crippen molar-refractivity contribution in [1.29, 1.82) is 0 Å². The molecule has 0 aliphatic heterocycles. The number of ether oxygens (including phenoxy) is 1. The summed E-state index contributed by atoms with van der Waals surface area (Å²) < 4.78 is 7.54. The lowest BCUT2D eigenvalue weighted by Gasteiger charge is -2.30. The van der Waals surface area contributed by atoms with Crippen LogP contribution in [0, 0.1) is 0 Å². The van der Waals surface area contributed by atoms with Crippen molar-refractivity contribution in [2.75, 3.05) is 7.11 Å². The zero-order valence-electron chi connectivity index (χ0n) is 17.6. The fraction of sp³-hybridized carbons (Fsp3) is 0.174. The van der Waals surface area contributed by atoms with Gasteiger partial charge in [-0.25, -0.2) is 10.1 Å². The van der Waals surface area contributed by atoms with E-state index in [2.05, 4.69) is 25.6 Å². The molecule has 5 aromatic rings. The van der Waals surface area contributed by atoms with Gasteiger partial charge < -0.3 is 14.4 Å². The van der Waals surface area contributed by atoms with Crippen LogP contribution in [0.4, 0.5) is 0 Å². The number of aromatic amines is 1. The fourth-order valence-electron chi connectivity index (χ4n) is 4.12. The zero-order chi connectivity index (χ0) is 22.1. The van der Waals surface area contributed by atoms with Crippen molar-refractivity contribution in [3.63, 3.8) is 0 Å². The van der Waals surface area contributed by atoms with E-state index in [1.54, 1.807) is 19.5 Å². The first kappa shape index (κ1) is 19.8.